The van der Waals surface area contributed by atoms with E-state index < -0.39 is 11.6 Å². The second-order valence-corrected chi connectivity index (χ2v) is 3.91. The fourth-order valence-corrected chi connectivity index (χ4v) is 1.54. The topological polar surface area (TPSA) is 49.8 Å². The summed E-state index contributed by atoms with van der Waals surface area (Å²) in [7, 11) is 0. The van der Waals surface area contributed by atoms with Crippen LogP contribution in [0.25, 0.3) is 0 Å². The highest BCUT2D eigenvalue weighted by atomic mass is 19.1. The zero-order valence-electron chi connectivity index (χ0n) is 10.7. The Hall–Kier alpha value is -1.69. The van der Waals surface area contributed by atoms with Gasteiger partial charge in [0.15, 0.2) is 18.2 Å². The molecule has 0 saturated carbocycles. The van der Waals surface area contributed by atoms with Gasteiger partial charge in [-0.05, 0) is 25.5 Å². The van der Waals surface area contributed by atoms with Crippen molar-refractivity contribution < 1.29 is 23.4 Å². The maximum Gasteiger partial charge on any atom is 0.260 e. The summed E-state index contributed by atoms with van der Waals surface area (Å²) in [5, 5.41) is 8.71. The molecule has 0 fully saturated rings. The summed E-state index contributed by atoms with van der Waals surface area (Å²) in [6, 6.07) is 2.90. The number of aliphatic hydroxyl groups is 1. The molecular formula is C13H17F2NO3. The SMILES string of the molecule is CCN(CCCO)C(=O)COc1ccc(F)cc1F. The van der Waals surface area contributed by atoms with Gasteiger partial charge >= 0.3 is 0 Å². The van der Waals surface area contributed by atoms with Crippen LogP contribution in [0.5, 0.6) is 5.75 Å². The molecule has 0 unspecified atom stereocenters. The van der Waals surface area contributed by atoms with Gasteiger partial charge in [-0.1, -0.05) is 0 Å². The lowest BCUT2D eigenvalue weighted by molar-refractivity contribution is -0.133. The van der Waals surface area contributed by atoms with Gasteiger partial charge in [0.1, 0.15) is 5.82 Å². The molecule has 4 nitrogen and oxygen atoms in total. The molecule has 1 N–H and O–H groups in total. The van der Waals surface area contributed by atoms with Crippen molar-refractivity contribution in [1.29, 1.82) is 0 Å². The summed E-state index contributed by atoms with van der Waals surface area (Å²) in [6.45, 7) is 2.38. The summed E-state index contributed by atoms with van der Waals surface area (Å²) in [4.78, 5) is 13.3. The molecule has 0 atom stereocenters. The smallest absolute Gasteiger partial charge is 0.260 e. The van der Waals surface area contributed by atoms with Crippen molar-refractivity contribution in [2.45, 2.75) is 13.3 Å². The molecule has 0 spiro atoms. The summed E-state index contributed by atoms with van der Waals surface area (Å²) in [6.07, 6.45) is 0.477. The fourth-order valence-electron chi connectivity index (χ4n) is 1.54. The van der Waals surface area contributed by atoms with Crippen LogP contribution in [0.1, 0.15) is 13.3 Å². The lowest BCUT2D eigenvalue weighted by Crippen LogP contribution is -2.35. The molecule has 0 aliphatic rings. The van der Waals surface area contributed by atoms with E-state index in [9.17, 15) is 13.6 Å². The first kappa shape index (κ1) is 15.4. The minimum atomic E-state index is -0.841. The van der Waals surface area contributed by atoms with E-state index in [2.05, 4.69) is 0 Å². The van der Waals surface area contributed by atoms with Crippen LogP contribution in [0.4, 0.5) is 8.78 Å². The van der Waals surface area contributed by atoms with Crippen molar-refractivity contribution >= 4 is 5.91 Å². The van der Waals surface area contributed by atoms with Crippen LogP contribution in [-0.4, -0.2) is 42.2 Å². The van der Waals surface area contributed by atoms with E-state index in [1.165, 1.54) is 4.90 Å². The van der Waals surface area contributed by atoms with E-state index in [-0.39, 0.29) is 24.9 Å². The highest BCUT2D eigenvalue weighted by Crippen LogP contribution is 2.17. The molecule has 19 heavy (non-hydrogen) atoms. The largest absolute Gasteiger partial charge is 0.481 e. The predicted octanol–water partition coefficient (Wildman–Crippen LogP) is 1.57. The minimum absolute atomic E-state index is 0.00275. The third kappa shape index (κ3) is 4.82. The van der Waals surface area contributed by atoms with Gasteiger partial charge in [0, 0.05) is 25.8 Å². The molecular weight excluding hydrogens is 256 g/mol. The van der Waals surface area contributed by atoms with Crippen LogP contribution in [0, 0.1) is 11.6 Å². The normalized spacial score (nSPS) is 10.3. The third-order valence-electron chi connectivity index (χ3n) is 2.57. The minimum Gasteiger partial charge on any atom is -0.481 e. The second kappa shape index (κ2) is 7.68. The van der Waals surface area contributed by atoms with Gasteiger partial charge in [-0.3, -0.25) is 4.79 Å². The Morgan fingerprint density at radius 1 is 1.42 bits per heavy atom. The molecule has 0 aliphatic carbocycles. The number of ether oxygens (including phenoxy) is 1. The highest BCUT2D eigenvalue weighted by Gasteiger charge is 2.13. The van der Waals surface area contributed by atoms with Crippen LogP contribution in [0.15, 0.2) is 18.2 Å². The lowest BCUT2D eigenvalue weighted by atomic mass is 10.3. The number of amides is 1. The molecule has 1 amide bonds. The summed E-state index contributed by atoms with van der Waals surface area (Å²) < 4.78 is 31.0. The molecule has 106 valence electrons. The first-order valence-corrected chi connectivity index (χ1v) is 6.05. The Morgan fingerprint density at radius 3 is 2.74 bits per heavy atom. The Balaban J connectivity index is 2.52. The first-order valence-electron chi connectivity index (χ1n) is 6.05. The van der Waals surface area contributed by atoms with Crippen molar-refractivity contribution in [3.05, 3.63) is 29.8 Å². The lowest BCUT2D eigenvalue weighted by Gasteiger charge is -2.20. The van der Waals surface area contributed by atoms with Crippen LogP contribution in [-0.2, 0) is 4.79 Å². The van der Waals surface area contributed by atoms with Crippen LogP contribution >= 0.6 is 0 Å². The van der Waals surface area contributed by atoms with Crippen molar-refractivity contribution in [2.75, 3.05) is 26.3 Å². The van der Waals surface area contributed by atoms with Gasteiger partial charge < -0.3 is 14.7 Å². The van der Waals surface area contributed by atoms with Crippen LogP contribution in [0.3, 0.4) is 0 Å². The predicted molar refractivity (Wildman–Crippen MR) is 65.8 cm³/mol. The zero-order chi connectivity index (χ0) is 14.3. The number of hydrogen-bond donors (Lipinski definition) is 1. The molecule has 0 radical (unpaired) electrons. The number of rotatable bonds is 7. The zero-order valence-corrected chi connectivity index (χ0v) is 10.7. The quantitative estimate of drug-likeness (QED) is 0.820. The number of nitrogens with zero attached hydrogens (tertiary/aromatic N) is 1. The maximum atomic E-state index is 13.3. The van der Waals surface area contributed by atoms with Gasteiger partial charge in [0.25, 0.3) is 5.91 Å². The molecule has 0 bridgehead atoms. The van der Waals surface area contributed by atoms with Gasteiger partial charge in [-0.15, -0.1) is 0 Å². The van der Waals surface area contributed by atoms with E-state index in [1.54, 1.807) is 6.92 Å². The maximum absolute atomic E-state index is 13.3. The molecule has 1 aromatic rings. The van der Waals surface area contributed by atoms with Gasteiger partial charge in [-0.25, -0.2) is 8.78 Å². The average molecular weight is 273 g/mol. The molecule has 0 aromatic heterocycles. The molecule has 1 aromatic carbocycles. The standard InChI is InChI=1S/C13H17F2NO3/c1-2-16(6-3-7-17)13(18)9-19-12-5-4-10(14)8-11(12)15/h4-5,8,17H,2-3,6-7,9H2,1H3. The summed E-state index contributed by atoms with van der Waals surface area (Å²) >= 11 is 0. The number of aliphatic hydroxyl groups excluding tert-OH is 1. The average Bonchev–Trinajstić information content (AvgIpc) is 2.38. The monoisotopic (exact) mass is 273 g/mol. The number of hydrogen-bond acceptors (Lipinski definition) is 3. The van der Waals surface area contributed by atoms with Crippen molar-refractivity contribution in [3.63, 3.8) is 0 Å². The molecule has 1 rings (SSSR count). The second-order valence-electron chi connectivity index (χ2n) is 3.91. The number of likely N-dealkylation sites (N-methyl/N-ethyl adjacent to an activating group) is 1. The van der Waals surface area contributed by atoms with E-state index >= 15 is 0 Å². The van der Waals surface area contributed by atoms with Gasteiger partial charge in [0.2, 0.25) is 0 Å². The first-order chi connectivity index (χ1) is 9.08. The van der Waals surface area contributed by atoms with Crippen molar-refractivity contribution in [3.8, 4) is 5.75 Å². The van der Waals surface area contributed by atoms with Crippen molar-refractivity contribution in [2.24, 2.45) is 0 Å². The fraction of sp³-hybridized carbons (Fsp3) is 0.462. The number of carbonyl (C=O) groups excluding carboxylic acids is 1. The molecule has 0 aliphatic heterocycles. The summed E-state index contributed by atoms with van der Waals surface area (Å²) in [5.41, 5.74) is 0. The number of benzene rings is 1. The van der Waals surface area contributed by atoms with Crippen LogP contribution < -0.4 is 4.74 Å². The summed E-state index contributed by atoms with van der Waals surface area (Å²) in [5.74, 6) is -2.01. The number of carbonyl (C=O) groups is 1. The van der Waals surface area contributed by atoms with E-state index in [0.29, 0.717) is 25.6 Å². The Labute approximate surface area is 110 Å². The van der Waals surface area contributed by atoms with E-state index in [0.717, 1.165) is 12.1 Å². The Morgan fingerprint density at radius 2 is 2.16 bits per heavy atom. The highest BCUT2D eigenvalue weighted by molar-refractivity contribution is 5.77. The Bertz CT molecular complexity index is 426. The third-order valence-corrected chi connectivity index (χ3v) is 2.57. The van der Waals surface area contributed by atoms with Gasteiger partial charge in [-0.2, -0.15) is 0 Å². The van der Waals surface area contributed by atoms with E-state index in [1.807, 2.05) is 0 Å². The number of halogens is 2. The van der Waals surface area contributed by atoms with E-state index in [4.69, 9.17) is 9.84 Å². The molecule has 6 heteroatoms. The van der Waals surface area contributed by atoms with Crippen molar-refractivity contribution in [1.82, 2.24) is 4.90 Å². The Kier molecular flexibility index (Phi) is 6.21. The molecule has 0 saturated heterocycles. The van der Waals surface area contributed by atoms with Gasteiger partial charge in [0.05, 0.1) is 0 Å². The molecule has 0 heterocycles. The van der Waals surface area contributed by atoms with Crippen LogP contribution in [0.2, 0.25) is 0 Å².